The number of fused-ring (bicyclic) bond motifs is 1. The summed E-state index contributed by atoms with van der Waals surface area (Å²) in [5.74, 6) is -0.0163. The summed E-state index contributed by atoms with van der Waals surface area (Å²) < 4.78 is 29.0. The van der Waals surface area contributed by atoms with Crippen molar-refractivity contribution in [3.05, 3.63) is 54.1 Å². The van der Waals surface area contributed by atoms with Gasteiger partial charge in [-0.15, -0.1) is 0 Å². The van der Waals surface area contributed by atoms with Gasteiger partial charge in [-0.25, -0.2) is 8.42 Å². The Morgan fingerprint density at radius 1 is 1.07 bits per heavy atom. The van der Waals surface area contributed by atoms with Crippen LogP contribution in [0.15, 0.2) is 53.4 Å². The molecular weight excluding hydrogens is 364 g/mol. The van der Waals surface area contributed by atoms with Gasteiger partial charge in [0.15, 0.2) is 15.9 Å². The number of nitrogens with zero attached hydrogens (tertiary/aromatic N) is 2. The standard InChI is InChI=1S/C20H22N2O4S/c1-27(24,25)17-8-6-16(7-9-17)21-12-13-26-19(14-21)20(23)22-11-10-15-4-2-3-5-18(15)22/h2-9,19H,10-14H2,1H3. The first-order valence-electron chi connectivity index (χ1n) is 8.99. The molecule has 0 N–H and O–H groups in total. The van der Waals surface area contributed by atoms with Gasteiger partial charge >= 0.3 is 0 Å². The highest BCUT2D eigenvalue weighted by Gasteiger charge is 2.33. The highest BCUT2D eigenvalue weighted by molar-refractivity contribution is 7.90. The molecule has 2 aromatic rings. The number of hydrogen-bond acceptors (Lipinski definition) is 5. The van der Waals surface area contributed by atoms with E-state index in [0.717, 1.165) is 17.8 Å². The van der Waals surface area contributed by atoms with Crippen molar-refractivity contribution in [2.45, 2.75) is 17.4 Å². The molecule has 0 saturated carbocycles. The Morgan fingerprint density at radius 3 is 2.56 bits per heavy atom. The summed E-state index contributed by atoms with van der Waals surface area (Å²) in [4.78, 5) is 17.2. The molecule has 1 unspecified atom stereocenters. The average molecular weight is 386 g/mol. The lowest BCUT2D eigenvalue weighted by Crippen LogP contribution is -2.51. The zero-order valence-electron chi connectivity index (χ0n) is 15.2. The van der Waals surface area contributed by atoms with Crippen LogP contribution in [0.2, 0.25) is 0 Å². The van der Waals surface area contributed by atoms with Crippen molar-refractivity contribution in [1.29, 1.82) is 0 Å². The van der Waals surface area contributed by atoms with Crippen molar-refractivity contribution in [2.24, 2.45) is 0 Å². The number of carbonyl (C=O) groups is 1. The molecule has 1 amide bonds. The maximum Gasteiger partial charge on any atom is 0.257 e. The number of amides is 1. The Hall–Kier alpha value is -2.38. The predicted molar refractivity (Wildman–Crippen MR) is 104 cm³/mol. The van der Waals surface area contributed by atoms with Gasteiger partial charge in [0.05, 0.1) is 18.0 Å². The molecule has 2 aliphatic rings. The first kappa shape index (κ1) is 18.0. The van der Waals surface area contributed by atoms with E-state index < -0.39 is 15.9 Å². The number of rotatable bonds is 3. The molecule has 7 heteroatoms. The summed E-state index contributed by atoms with van der Waals surface area (Å²) in [6.45, 7) is 2.26. The molecule has 6 nitrogen and oxygen atoms in total. The second-order valence-electron chi connectivity index (χ2n) is 6.94. The lowest BCUT2D eigenvalue weighted by Gasteiger charge is -2.35. The molecule has 2 aromatic carbocycles. The molecule has 0 spiro atoms. The van der Waals surface area contributed by atoms with Crippen molar-refractivity contribution in [3.63, 3.8) is 0 Å². The highest BCUT2D eigenvalue weighted by Crippen LogP contribution is 2.29. The average Bonchev–Trinajstić information content (AvgIpc) is 3.11. The third-order valence-electron chi connectivity index (χ3n) is 5.13. The fourth-order valence-corrected chi connectivity index (χ4v) is 4.31. The van der Waals surface area contributed by atoms with Crippen molar-refractivity contribution in [2.75, 3.05) is 42.3 Å². The third kappa shape index (κ3) is 3.57. The van der Waals surface area contributed by atoms with Crippen molar-refractivity contribution in [1.82, 2.24) is 0 Å². The van der Waals surface area contributed by atoms with E-state index in [1.165, 1.54) is 11.8 Å². The summed E-state index contributed by atoms with van der Waals surface area (Å²) >= 11 is 0. The molecule has 1 fully saturated rings. The largest absolute Gasteiger partial charge is 0.366 e. The van der Waals surface area contributed by atoms with E-state index in [0.29, 0.717) is 31.1 Å². The Kier molecular flexibility index (Phi) is 4.65. The second-order valence-corrected chi connectivity index (χ2v) is 8.96. The summed E-state index contributed by atoms with van der Waals surface area (Å²) in [6, 6.07) is 14.8. The van der Waals surface area contributed by atoms with Gasteiger partial charge in [0.1, 0.15) is 0 Å². The van der Waals surface area contributed by atoms with Gasteiger partial charge in [0.2, 0.25) is 0 Å². The van der Waals surface area contributed by atoms with Gasteiger partial charge < -0.3 is 14.5 Å². The lowest BCUT2D eigenvalue weighted by molar-refractivity contribution is -0.130. The zero-order valence-corrected chi connectivity index (χ0v) is 16.0. The van der Waals surface area contributed by atoms with Gasteiger partial charge in [-0.05, 0) is 42.3 Å². The molecule has 0 aromatic heterocycles. The summed E-state index contributed by atoms with van der Waals surface area (Å²) in [5.41, 5.74) is 3.06. The van der Waals surface area contributed by atoms with Gasteiger partial charge in [-0.2, -0.15) is 0 Å². The van der Waals surface area contributed by atoms with Crippen LogP contribution in [-0.2, 0) is 25.8 Å². The number of benzene rings is 2. The van der Waals surface area contributed by atoms with Crippen LogP contribution in [0.25, 0.3) is 0 Å². The van der Waals surface area contributed by atoms with Gasteiger partial charge in [0.25, 0.3) is 5.91 Å². The first-order valence-corrected chi connectivity index (χ1v) is 10.9. The molecule has 0 radical (unpaired) electrons. The fraction of sp³-hybridized carbons (Fsp3) is 0.350. The van der Waals surface area contributed by atoms with Crippen LogP contribution < -0.4 is 9.80 Å². The SMILES string of the molecule is CS(=O)(=O)c1ccc(N2CCOC(C(=O)N3CCc4ccccc43)C2)cc1. The number of sulfone groups is 1. The molecule has 2 heterocycles. The molecule has 142 valence electrons. The molecule has 1 atom stereocenters. The molecule has 27 heavy (non-hydrogen) atoms. The van der Waals surface area contributed by atoms with Crippen molar-refractivity contribution >= 4 is 27.1 Å². The van der Waals surface area contributed by atoms with E-state index >= 15 is 0 Å². The Labute approximate surface area is 159 Å². The molecule has 0 bridgehead atoms. The number of ether oxygens (including phenoxy) is 1. The lowest BCUT2D eigenvalue weighted by atomic mass is 10.1. The van der Waals surface area contributed by atoms with Gasteiger partial charge in [-0.3, -0.25) is 4.79 Å². The van der Waals surface area contributed by atoms with Crippen LogP contribution in [0, 0.1) is 0 Å². The smallest absolute Gasteiger partial charge is 0.257 e. The molecule has 0 aliphatic carbocycles. The van der Waals surface area contributed by atoms with Crippen LogP contribution in [0.5, 0.6) is 0 Å². The number of anilines is 2. The molecule has 2 aliphatic heterocycles. The van der Waals surface area contributed by atoms with E-state index in [-0.39, 0.29) is 5.91 Å². The normalized spacial score (nSPS) is 19.8. The van der Waals surface area contributed by atoms with Crippen LogP contribution >= 0.6 is 0 Å². The molecular formula is C20H22N2O4S. The van der Waals surface area contributed by atoms with E-state index in [1.807, 2.05) is 23.1 Å². The second kappa shape index (κ2) is 6.98. The zero-order chi connectivity index (χ0) is 19.0. The summed E-state index contributed by atoms with van der Waals surface area (Å²) in [5, 5.41) is 0. The Bertz CT molecular complexity index is 956. The highest BCUT2D eigenvalue weighted by atomic mass is 32.2. The van der Waals surface area contributed by atoms with Gasteiger partial charge in [-0.1, -0.05) is 18.2 Å². The number of morpholine rings is 1. The van der Waals surface area contributed by atoms with Crippen LogP contribution in [0.1, 0.15) is 5.56 Å². The maximum absolute atomic E-state index is 13.0. The maximum atomic E-state index is 13.0. The number of para-hydroxylation sites is 1. The summed E-state index contributed by atoms with van der Waals surface area (Å²) in [7, 11) is -3.22. The number of carbonyl (C=O) groups excluding carboxylic acids is 1. The quantitative estimate of drug-likeness (QED) is 0.806. The van der Waals surface area contributed by atoms with Crippen molar-refractivity contribution in [3.8, 4) is 0 Å². The molecule has 4 rings (SSSR count). The van der Waals surface area contributed by atoms with E-state index in [1.54, 1.807) is 24.3 Å². The minimum Gasteiger partial charge on any atom is -0.366 e. The van der Waals surface area contributed by atoms with E-state index in [9.17, 15) is 13.2 Å². The topological polar surface area (TPSA) is 66.9 Å². The summed E-state index contributed by atoms with van der Waals surface area (Å²) in [6.07, 6.45) is 1.53. The van der Waals surface area contributed by atoms with E-state index in [2.05, 4.69) is 11.0 Å². The van der Waals surface area contributed by atoms with E-state index in [4.69, 9.17) is 4.74 Å². The first-order chi connectivity index (χ1) is 12.9. The monoisotopic (exact) mass is 386 g/mol. The Balaban J connectivity index is 1.49. The fourth-order valence-electron chi connectivity index (χ4n) is 3.68. The van der Waals surface area contributed by atoms with Crippen molar-refractivity contribution < 1.29 is 17.9 Å². The van der Waals surface area contributed by atoms with Crippen LogP contribution in [0.3, 0.4) is 0 Å². The predicted octanol–water partition coefficient (Wildman–Crippen LogP) is 1.88. The minimum atomic E-state index is -3.22. The van der Waals surface area contributed by atoms with Crippen LogP contribution in [-0.4, -0.2) is 52.9 Å². The minimum absolute atomic E-state index is 0.0163. The molecule has 1 saturated heterocycles. The van der Waals surface area contributed by atoms with Crippen LogP contribution in [0.4, 0.5) is 11.4 Å². The van der Waals surface area contributed by atoms with Gasteiger partial charge in [0, 0.05) is 30.7 Å². The Morgan fingerprint density at radius 2 is 1.81 bits per heavy atom. The number of hydrogen-bond donors (Lipinski definition) is 0. The third-order valence-corrected chi connectivity index (χ3v) is 6.25.